The van der Waals surface area contributed by atoms with Gasteiger partial charge >= 0.3 is 6.09 Å². The van der Waals surface area contributed by atoms with Gasteiger partial charge in [-0.05, 0) is 65.7 Å². The highest BCUT2D eigenvalue weighted by Gasteiger charge is 2.29. The first kappa shape index (κ1) is 27.1. The van der Waals surface area contributed by atoms with Crippen LogP contribution in [0.2, 0.25) is 0 Å². The van der Waals surface area contributed by atoms with Crippen molar-refractivity contribution in [1.29, 1.82) is 5.26 Å². The van der Waals surface area contributed by atoms with Crippen LogP contribution in [-0.4, -0.2) is 54.1 Å². The summed E-state index contributed by atoms with van der Waals surface area (Å²) < 4.78 is 29.7. The van der Waals surface area contributed by atoms with Crippen molar-refractivity contribution < 1.29 is 18.7 Å². The van der Waals surface area contributed by atoms with E-state index in [1.165, 1.54) is 24.5 Å². The Hall–Kier alpha value is -4.46. The van der Waals surface area contributed by atoms with Gasteiger partial charge in [-0.1, -0.05) is 0 Å². The van der Waals surface area contributed by atoms with Crippen LogP contribution in [0.25, 0.3) is 16.6 Å². The van der Waals surface area contributed by atoms with Crippen LogP contribution >= 0.6 is 0 Å². The first-order valence-corrected chi connectivity index (χ1v) is 13.3. The molecular formula is C29H32FN7O3. The van der Waals surface area contributed by atoms with Gasteiger partial charge in [0.05, 0.1) is 18.4 Å². The van der Waals surface area contributed by atoms with E-state index in [0.29, 0.717) is 29.9 Å². The van der Waals surface area contributed by atoms with E-state index < -0.39 is 17.5 Å². The Morgan fingerprint density at radius 1 is 1.23 bits per heavy atom. The Kier molecular flexibility index (Phi) is 7.19. The quantitative estimate of drug-likeness (QED) is 0.320. The average molecular weight is 546 g/mol. The van der Waals surface area contributed by atoms with Crippen LogP contribution in [0.15, 0.2) is 43.0 Å². The van der Waals surface area contributed by atoms with Gasteiger partial charge in [0.25, 0.3) is 0 Å². The summed E-state index contributed by atoms with van der Waals surface area (Å²) >= 11 is 0. The Bertz CT molecular complexity index is 1590. The number of nitrogens with zero attached hydrogens (tertiary/aromatic N) is 7. The number of aromatic nitrogens is 5. The van der Waals surface area contributed by atoms with Gasteiger partial charge in [0, 0.05) is 42.3 Å². The lowest BCUT2D eigenvalue weighted by molar-refractivity contribution is 0.0184. The van der Waals surface area contributed by atoms with Crippen molar-refractivity contribution in [2.75, 3.05) is 13.1 Å². The van der Waals surface area contributed by atoms with Gasteiger partial charge in [-0.3, -0.25) is 9.67 Å². The number of hydrogen-bond donors (Lipinski definition) is 0. The van der Waals surface area contributed by atoms with Crippen molar-refractivity contribution in [3.8, 4) is 22.9 Å². The van der Waals surface area contributed by atoms with Crippen LogP contribution < -0.4 is 4.74 Å². The van der Waals surface area contributed by atoms with Crippen molar-refractivity contribution in [2.24, 2.45) is 0 Å². The fraction of sp³-hybridized carbons (Fsp3) is 0.414. The third kappa shape index (κ3) is 5.34. The fourth-order valence-electron chi connectivity index (χ4n) is 5.04. The van der Waals surface area contributed by atoms with E-state index in [0.717, 1.165) is 29.7 Å². The highest BCUT2D eigenvalue weighted by atomic mass is 19.1. The number of hydrogen-bond acceptors (Lipinski definition) is 7. The van der Waals surface area contributed by atoms with Crippen molar-refractivity contribution in [2.45, 2.75) is 65.2 Å². The summed E-state index contributed by atoms with van der Waals surface area (Å²) in [7, 11) is 0. The molecule has 1 amide bonds. The number of nitriles is 1. The molecule has 40 heavy (non-hydrogen) atoms. The van der Waals surface area contributed by atoms with Gasteiger partial charge < -0.3 is 14.4 Å². The van der Waals surface area contributed by atoms with E-state index in [1.807, 2.05) is 44.6 Å². The number of amides is 1. The number of halogens is 1. The number of fused-ring (bicyclic) bond motifs is 1. The molecule has 0 aromatic carbocycles. The maximum atomic E-state index is 14.4. The van der Waals surface area contributed by atoms with Gasteiger partial charge in [0.1, 0.15) is 46.1 Å². The average Bonchev–Trinajstić information content (AvgIpc) is 3.51. The summed E-state index contributed by atoms with van der Waals surface area (Å²) in [5, 5.41) is 18.7. The third-order valence-electron chi connectivity index (χ3n) is 6.99. The molecule has 1 aliphatic rings. The van der Waals surface area contributed by atoms with Crippen molar-refractivity contribution >= 4 is 11.6 Å². The molecule has 0 N–H and O–H groups in total. The maximum Gasteiger partial charge on any atom is 0.410 e. The lowest BCUT2D eigenvalue weighted by Crippen LogP contribution is -2.42. The lowest BCUT2D eigenvalue weighted by atomic mass is 10.0. The van der Waals surface area contributed by atoms with Crippen LogP contribution in [0.1, 0.15) is 69.6 Å². The maximum absolute atomic E-state index is 14.4. The molecule has 4 aromatic rings. The number of ether oxygens (including phenoxy) is 2. The van der Waals surface area contributed by atoms with E-state index in [-0.39, 0.29) is 17.8 Å². The second-order valence-corrected chi connectivity index (χ2v) is 11.0. The molecule has 0 bridgehead atoms. The fourth-order valence-corrected chi connectivity index (χ4v) is 5.04. The zero-order valence-electron chi connectivity index (χ0n) is 23.3. The van der Waals surface area contributed by atoms with Gasteiger partial charge in [-0.25, -0.2) is 13.7 Å². The zero-order valence-corrected chi connectivity index (χ0v) is 23.3. The van der Waals surface area contributed by atoms with E-state index in [9.17, 15) is 14.4 Å². The minimum Gasteiger partial charge on any atom is -0.482 e. The van der Waals surface area contributed by atoms with Gasteiger partial charge in [-0.2, -0.15) is 15.5 Å². The normalized spacial score (nSPS) is 15.2. The molecule has 5 rings (SSSR count). The molecule has 0 aliphatic carbocycles. The first-order chi connectivity index (χ1) is 19.1. The molecule has 0 radical (unpaired) electrons. The van der Waals surface area contributed by atoms with Gasteiger partial charge in [-0.15, -0.1) is 0 Å². The highest BCUT2D eigenvalue weighted by molar-refractivity contribution is 5.76. The van der Waals surface area contributed by atoms with E-state index >= 15 is 0 Å². The van der Waals surface area contributed by atoms with Crippen molar-refractivity contribution in [3.63, 3.8) is 0 Å². The topological polar surface area (TPSA) is 111 Å². The molecule has 1 fully saturated rings. The first-order valence-electron chi connectivity index (χ1n) is 13.3. The Labute approximate surface area is 231 Å². The molecule has 11 heteroatoms. The predicted molar refractivity (Wildman–Crippen MR) is 145 cm³/mol. The minimum absolute atomic E-state index is 0.133. The third-order valence-corrected chi connectivity index (χ3v) is 6.99. The molecule has 0 saturated carbocycles. The summed E-state index contributed by atoms with van der Waals surface area (Å²) in [6.07, 6.45) is 7.14. The number of carbonyl (C=O) groups is 1. The molecular weight excluding hydrogens is 513 g/mol. The number of carbonyl (C=O) groups excluding carboxylic acids is 1. The molecule has 10 nitrogen and oxygen atoms in total. The SMILES string of the molecule is Cc1c(-c2cc(O[C@H](C)c3ncccc3F)c3c(C#N)cnn3c2)cnn1C1CCN(C(=O)OC(C)(C)C)CC1. The Morgan fingerprint density at radius 3 is 2.65 bits per heavy atom. The highest BCUT2D eigenvalue weighted by Crippen LogP contribution is 2.35. The number of pyridine rings is 2. The summed E-state index contributed by atoms with van der Waals surface area (Å²) in [5.41, 5.74) is 3.11. The van der Waals surface area contributed by atoms with E-state index in [1.54, 1.807) is 22.5 Å². The molecule has 1 saturated heterocycles. The van der Waals surface area contributed by atoms with Crippen LogP contribution in [0.5, 0.6) is 5.75 Å². The second-order valence-electron chi connectivity index (χ2n) is 11.0. The molecule has 0 unspecified atom stereocenters. The number of piperidine rings is 1. The number of rotatable bonds is 5. The molecule has 1 aliphatic heterocycles. The largest absolute Gasteiger partial charge is 0.482 e. The zero-order chi connectivity index (χ0) is 28.6. The predicted octanol–water partition coefficient (Wildman–Crippen LogP) is 5.62. The summed E-state index contributed by atoms with van der Waals surface area (Å²) in [4.78, 5) is 18.4. The number of likely N-dealkylation sites (tertiary alicyclic amines) is 1. The monoisotopic (exact) mass is 545 g/mol. The molecule has 1 atom stereocenters. The van der Waals surface area contributed by atoms with Crippen molar-refractivity contribution in [3.05, 3.63) is 65.8 Å². The molecule has 4 aromatic heterocycles. The summed E-state index contributed by atoms with van der Waals surface area (Å²) in [6, 6.07) is 6.97. The van der Waals surface area contributed by atoms with Crippen LogP contribution in [0.4, 0.5) is 9.18 Å². The van der Waals surface area contributed by atoms with Crippen LogP contribution in [0, 0.1) is 24.1 Å². The Morgan fingerprint density at radius 2 is 1.98 bits per heavy atom. The smallest absolute Gasteiger partial charge is 0.410 e. The van der Waals surface area contributed by atoms with Crippen molar-refractivity contribution in [1.82, 2.24) is 29.3 Å². The molecule has 0 spiro atoms. The standard InChI is InChI=1S/C29H32FN7O3/c1-18-23(16-34-37(18)22-8-11-35(12-9-22)28(38)40-29(3,4)5)20-13-25(27-21(14-31)15-33-36(27)17-20)39-19(2)26-24(30)7-6-10-32-26/h6-7,10,13,15-17,19,22H,8-9,11-12H2,1-5H3/t19-/m1/s1. The van der Waals surface area contributed by atoms with Crippen LogP contribution in [0.3, 0.4) is 0 Å². The second kappa shape index (κ2) is 10.6. The molecule has 5 heterocycles. The molecule has 208 valence electrons. The van der Waals surface area contributed by atoms with Crippen LogP contribution in [-0.2, 0) is 4.74 Å². The van der Waals surface area contributed by atoms with Gasteiger partial charge in [0.15, 0.2) is 0 Å². The Balaban J connectivity index is 1.42. The minimum atomic E-state index is -0.708. The summed E-state index contributed by atoms with van der Waals surface area (Å²) in [6.45, 7) is 10.5. The summed E-state index contributed by atoms with van der Waals surface area (Å²) in [5.74, 6) is -0.0760. The van der Waals surface area contributed by atoms with E-state index in [4.69, 9.17) is 14.6 Å². The van der Waals surface area contributed by atoms with Gasteiger partial charge in [0.2, 0.25) is 0 Å². The lowest BCUT2D eigenvalue weighted by Gasteiger charge is -2.33. The van der Waals surface area contributed by atoms with E-state index in [2.05, 4.69) is 16.2 Å².